The van der Waals surface area contributed by atoms with Crippen molar-refractivity contribution >= 4 is 24.7 Å². The van der Waals surface area contributed by atoms with E-state index in [0.717, 1.165) is 12.0 Å². The summed E-state index contributed by atoms with van der Waals surface area (Å²) in [6.45, 7) is 13.5. The Hall–Kier alpha value is -2.33. The third-order valence-corrected chi connectivity index (χ3v) is 15.2. The molecule has 7 atom stereocenters. The quantitative estimate of drug-likeness (QED) is 0.208. The molecule has 0 amide bonds. The molecule has 2 aromatic carbocycles. The Morgan fingerprint density at radius 2 is 1.53 bits per heavy atom. The number of esters is 1. The summed E-state index contributed by atoms with van der Waals surface area (Å²) in [5.74, 6) is -0.167. The van der Waals surface area contributed by atoms with Gasteiger partial charge < -0.3 is 28.1 Å². The molecule has 0 spiro atoms. The molecule has 0 radical (unpaired) electrons. The minimum absolute atomic E-state index is 0.0161. The maximum absolute atomic E-state index is 13.1. The van der Waals surface area contributed by atoms with Gasteiger partial charge in [0, 0.05) is 43.8 Å². The van der Waals surface area contributed by atoms with Gasteiger partial charge in [-0.2, -0.15) is 0 Å². The van der Waals surface area contributed by atoms with Crippen molar-refractivity contribution in [2.24, 2.45) is 17.8 Å². The second-order valence-corrected chi connectivity index (χ2v) is 17.9. The van der Waals surface area contributed by atoms with Gasteiger partial charge in [0.2, 0.25) is 0 Å². The highest BCUT2D eigenvalue weighted by molar-refractivity contribution is 6.99. The average Bonchev–Trinajstić information content (AvgIpc) is 3.44. The fourth-order valence-corrected chi connectivity index (χ4v) is 12.8. The smallest absolute Gasteiger partial charge is 0.334 e. The molecule has 1 heterocycles. The SMILES string of the molecule is COCO[C@H]1C[C@](C)(OCOC)[C@H]2C[C@H](O[Si](c3ccccc3)(c3ccccc3)C(C)(C)C)[C@H](C)[C@H]2[C@@H]2OC(=O)C(C)=C12. The Morgan fingerprint density at radius 3 is 2.07 bits per heavy atom. The van der Waals surface area contributed by atoms with Crippen LogP contribution >= 0.6 is 0 Å². The summed E-state index contributed by atoms with van der Waals surface area (Å²) < 4.78 is 37.4. The van der Waals surface area contributed by atoms with E-state index in [1.807, 2.05) is 6.92 Å². The molecular weight excluding hydrogens is 560 g/mol. The third-order valence-electron chi connectivity index (χ3n) is 10.1. The summed E-state index contributed by atoms with van der Waals surface area (Å²) in [4.78, 5) is 13.1. The van der Waals surface area contributed by atoms with Gasteiger partial charge >= 0.3 is 5.97 Å². The Morgan fingerprint density at radius 1 is 0.953 bits per heavy atom. The van der Waals surface area contributed by atoms with E-state index in [0.29, 0.717) is 12.0 Å². The molecule has 2 aliphatic carbocycles. The monoisotopic (exact) mass is 608 g/mol. The molecule has 8 heteroatoms. The van der Waals surface area contributed by atoms with E-state index >= 15 is 0 Å². The van der Waals surface area contributed by atoms with Gasteiger partial charge in [-0.3, -0.25) is 0 Å². The molecule has 234 valence electrons. The highest BCUT2D eigenvalue weighted by Gasteiger charge is 2.62. The summed E-state index contributed by atoms with van der Waals surface area (Å²) in [6.07, 6.45) is 0.471. The molecule has 0 aromatic heterocycles. The van der Waals surface area contributed by atoms with E-state index in [1.165, 1.54) is 10.4 Å². The van der Waals surface area contributed by atoms with E-state index in [9.17, 15) is 4.79 Å². The van der Waals surface area contributed by atoms with E-state index in [-0.39, 0.29) is 54.6 Å². The predicted octanol–water partition coefficient (Wildman–Crippen LogP) is 5.22. The topological polar surface area (TPSA) is 72.5 Å². The van der Waals surface area contributed by atoms with Crippen LogP contribution in [0.5, 0.6) is 0 Å². The van der Waals surface area contributed by atoms with Crippen molar-refractivity contribution in [3.63, 3.8) is 0 Å². The maximum atomic E-state index is 13.1. The second kappa shape index (κ2) is 12.6. The zero-order chi connectivity index (χ0) is 31.0. The van der Waals surface area contributed by atoms with Gasteiger partial charge in [0.15, 0.2) is 0 Å². The van der Waals surface area contributed by atoms with Crippen molar-refractivity contribution in [2.45, 2.75) is 83.3 Å². The Labute approximate surface area is 258 Å². The first kappa shape index (κ1) is 32.1. The van der Waals surface area contributed by atoms with Crippen LogP contribution < -0.4 is 10.4 Å². The molecular formula is C35H48O7Si. The van der Waals surface area contributed by atoms with Crippen molar-refractivity contribution < 1.29 is 32.9 Å². The van der Waals surface area contributed by atoms with Crippen LogP contribution in [0.4, 0.5) is 0 Å². The number of fused-ring (bicyclic) bond motifs is 3. The molecule has 43 heavy (non-hydrogen) atoms. The molecule has 2 saturated carbocycles. The molecule has 0 N–H and O–H groups in total. The fourth-order valence-electron chi connectivity index (χ4n) is 8.05. The second-order valence-electron chi connectivity index (χ2n) is 13.6. The van der Waals surface area contributed by atoms with Gasteiger partial charge in [0.05, 0.1) is 11.7 Å². The zero-order valence-corrected chi connectivity index (χ0v) is 27.9. The Balaban J connectivity index is 1.62. The molecule has 2 fully saturated rings. The first-order valence-electron chi connectivity index (χ1n) is 15.4. The number of methoxy groups -OCH3 is 2. The van der Waals surface area contributed by atoms with Crippen LogP contribution in [-0.2, 0) is 32.9 Å². The molecule has 7 nitrogen and oxygen atoms in total. The van der Waals surface area contributed by atoms with Crippen LogP contribution in [-0.4, -0.2) is 66.0 Å². The van der Waals surface area contributed by atoms with Crippen molar-refractivity contribution in [1.29, 1.82) is 0 Å². The molecule has 3 aliphatic rings. The lowest BCUT2D eigenvalue weighted by atomic mass is 9.77. The Bertz CT molecular complexity index is 1250. The molecule has 1 aliphatic heterocycles. The van der Waals surface area contributed by atoms with Crippen LogP contribution in [0.15, 0.2) is 71.8 Å². The minimum atomic E-state index is -2.82. The fraction of sp³-hybridized carbons (Fsp3) is 0.571. The summed E-state index contributed by atoms with van der Waals surface area (Å²) in [5.41, 5.74) is 0.935. The van der Waals surface area contributed by atoms with Gasteiger partial charge in [-0.1, -0.05) is 88.4 Å². The van der Waals surface area contributed by atoms with Crippen molar-refractivity contribution in [1.82, 2.24) is 0 Å². The molecule has 0 unspecified atom stereocenters. The lowest BCUT2D eigenvalue weighted by Gasteiger charge is -2.45. The summed E-state index contributed by atoms with van der Waals surface area (Å²) in [7, 11) is 0.429. The number of carbonyl (C=O) groups is 1. The van der Waals surface area contributed by atoms with Crippen molar-refractivity contribution in [2.75, 3.05) is 27.8 Å². The van der Waals surface area contributed by atoms with Crippen LogP contribution in [0.25, 0.3) is 0 Å². The van der Waals surface area contributed by atoms with Crippen molar-refractivity contribution in [3.05, 3.63) is 71.8 Å². The van der Waals surface area contributed by atoms with E-state index in [1.54, 1.807) is 14.2 Å². The number of benzene rings is 2. The standard InChI is InChI=1S/C35H48O7Si/c1-23-28(42-43(34(3,4)5,25-15-11-9-12-16-25)26-17-13-10-14-18-26)19-27-30(23)32-31(24(2)33(36)41-32)29(39-21-37-7)20-35(27,6)40-22-38-8/h9-18,23,27-30,32H,19-22H2,1-8H3/t23-,27-,28-,29-,30+,32-,35-/m0/s1. The zero-order valence-electron chi connectivity index (χ0n) is 26.9. The first-order valence-corrected chi connectivity index (χ1v) is 17.3. The number of carbonyl (C=O) groups excluding carboxylic acids is 1. The van der Waals surface area contributed by atoms with Gasteiger partial charge in [-0.05, 0) is 47.5 Å². The molecule has 2 aromatic rings. The average molecular weight is 609 g/mol. The summed E-state index contributed by atoms with van der Waals surface area (Å²) in [5, 5.41) is 2.35. The van der Waals surface area contributed by atoms with Gasteiger partial charge in [0.25, 0.3) is 8.32 Å². The van der Waals surface area contributed by atoms with Gasteiger partial charge in [-0.25, -0.2) is 4.79 Å². The first-order chi connectivity index (χ1) is 20.5. The van der Waals surface area contributed by atoms with Crippen LogP contribution in [0.3, 0.4) is 0 Å². The lowest BCUT2D eigenvalue weighted by molar-refractivity contribution is -0.174. The van der Waals surface area contributed by atoms with Crippen LogP contribution in [0, 0.1) is 17.8 Å². The van der Waals surface area contributed by atoms with E-state index in [2.05, 4.69) is 95.3 Å². The highest BCUT2D eigenvalue weighted by atomic mass is 28.4. The molecule has 0 bridgehead atoms. The number of ether oxygens (including phenoxy) is 5. The lowest BCUT2D eigenvalue weighted by Crippen LogP contribution is -2.68. The normalized spacial score (nSPS) is 31.0. The van der Waals surface area contributed by atoms with E-state index < -0.39 is 20.0 Å². The van der Waals surface area contributed by atoms with E-state index in [4.69, 9.17) is 28.1 Å². The molecule has 5 rings (SSSR count). The van der Waals surface area contributed by atoms with Gasteiger partial charge in [0.1, 0.15) is 19.7 Å². The minimum Gasteiger partial charge on any atom is -0.454 e. The van der Waals surface area contributed by atoms with Crippen LogP contribution in [0.2, 0.25) is 5.04 Å². The Kier molecular flexibility index (Phi) is 9.38. The number of rotatable bonds is 10. The predicted molar refractivity (Wildman–Crippen MR) is 169 cm³/mol. The number of hydrogen-bond donors (Lipinski definition) is 0. The molecule has 0 saturated heterocycles. The largest absolute Gasteiger partial charge is 0.454 e. The van der Waals surface area contributed by atoms with Gasteiger partial charge in [-0.15, -0.1) is 0 Å². The maximum Gasteiger partial charge on any atom is 0.334 e. The summed E-state index contributed by atoms with van der Waals surface area (Å²) in [6, 6.07) is 21.5. The number of hydrogen-bond acceptors (Lipinski definition) is 7. The van der Waals surface area contributed by atoms with Crippen LogP contribution in [0.1, 0.15) is 54.4 Å². The highest BCUT2D eigenvalue weighted by Crippen LogP contribution is 2.56. The summed E-state index contributed by atoms with van der Waals surface area (Å²) >= 11 is 0. The van der Waals surface area contributed by atoms with Crippen molar-refractivity contribution in [3.8, 4) is 0 Å². The third kappa shape index (κ3) is 5.67.